The van der Waals surface area contributed by atoms with Crippen LogP contribution in [0.5, 0.6) is 5.75 Å². The van der Waals surface area contributed by atoms with Crippen LogP contribution >= 0.6 is 0 Å². The van der Waals surface area contributed by atoms with E-state index < -0.39 is 12.0 Å². The first kappa shape index (κ1) is 18.5. The highest BCUT2D eigenvalue weighted by atomic mass is 16.6. The molecule has 2 aromatic carbocycles. The summed E-state index contributed by atoms with van der Waals surface area (Å²) in [7, 11) is 1.30. The van der Waals surface area contributed by atoms with Crippen LogP contribution in [0, 0.1) is 0 Å². The number of hydrogen-bond acceptors (Lipinski definition) is 5. The zero-order valence-electron chi connectivity index (χ0n) is 14.1. The van der Waals surface area contributed by atoms with Crippen LogP contribution < -0.4 is 15.8 Å². The largest absolute Gasteiger partial charge is 0.482 e. The van der Waals surface area contributed by atoms with E-state index in [-0.39, 0.29) is 12.5 Å². The molecule has 0 aliphatic heterocycles. The number of benzene rings is 2. The molecule has 1 amide bonds. The lowest BCUT2D eigenvalue weighted by molar-refractivity contribution is -0.142. The highest BCUT2D eigenvalue weighted by Crippen LogP contribution is 2.13. The maximum atomic E-state index is 12.1. The number of ether oxygens (including phenoxy) is 2. The zero-order chi connectivity index (χ0) is 18.1. The molecule has 0 saturated heterocycles. The summed E-state index contributed by atoms with van der Waals surface area (Å²) in [5.41, 5.74) is 7.82. The van der Waals surface area contributed by atoms with Crippen molar-refractivity contribution in [3.63, 3.8) is 0 Å². The Balaban J connectivity index is 1.83. The van der Waals surface area contributed by atoms with Gasteiger partial charge in [-0.25, -0.2) is 4.79 Å². The van der Waals surface area contributed by atoms with Gasteiger partial charge in [-0.3, -0.25) is 4.79 Å². The molecule has 2 rings (SSSR count). The molecule has 0 aliphatic carbocycles. The van der Waals surface area contributed by atoms with E-state index in [0.29, 0.717) is 18.7 Å². The van der Waals surface area contributed by atoms with Crippen molar-refractivity contribution >= 4 is 11.9 Å². The van der Waals surface area contributed by atoms with Crippen LogP contribution in [0.4, 0.5) is 0 Å². The highest BCUT2D eigenvalue weighted by Gasteiger charge is 2.13. The summed E-state index contributed by atoms with van der Waals surface area (Å²) >= 11 is 0. The predicted molar refractivity (Wildman–Crippen MR) is 93.9 cm³/mol. The minimum Gasteiger partial charge on any atom is -0.482 e. The van der Waals surface area contributed by atoms with Gasteiger partial charge in [0.2, 0.25) is 5.91 Å². The first-order valence-electron chi connectivity index (χ1n) is 7.94. The maximum absolute atomic E-state index is 12.1. The Hall–Kier alpha value is -2.86. The van der Waals surface area contributed by atoms with E-state index >= 15 is 0 Å². The number of amides is 1. The smallest absolute Gasteiger partial charge is 0.343 e. The minimum absolute atomic E-state index is 0.158. The molecule has 6 nitrogen and oxygen atoms in total. The van der Waals surface area contributed by atoms with Gasteiger partial charge in [0.15, 0.2) is 6.61 Å². The Morgan fingerprint density at radius 2 is 1.80 bits per heavy atom. The van der Waals surface area contributed by atoms with Gasteiger partial charge in [0.25, 0.3) is 0 Å². The van der Waals surface area contributed by atoms with Crippen LogP contribution in [-0.2, 0) is 27.3 Å². The van der Waals surface area contributed by atoms with Crippen LogP contribution in [0.3, 0.4) is 0 Å². The Bertz CT molecular complexity index is 704. The third-order valence-corrected chi connectivity index (χ3v) is 3.58. The fourth-order valence-electron chi connectivity index (χ4n) is 2.23. The summed E-state index contributed by atoms with van der Waals surface area (Å²) in [6, 6.07) is 16.2. The van der Waals surface area contributed by atoms with E-state index in [1.807, 2.05) is 36.4 Å². The van der Waals surface area contributed by atoms with Gasteiger partial charge < -0.3 is 20.5 Å². The quantitative estimate of drug-likeness (QED) is 0.708. The van der Waals surface area contributed by atoms with Gasteiger partial charge in [-0.05, 0) is 29.7 Å². The SMILES string of the molecule is COC(=O)COc1cccc(CNC(=O)[C@@H](N)Cc2ccccc2)c1. The zero-order valence-corrected chi connectivity index (χ0v) is 14.1. The second kappa shape index (κ2) is 9.44. The van der Waals surface area contributed by atoms with Crippen molar-refractivity contribution in [2.24, 2.45) is 5.73 Å². The third kappa shape index (κ3) is 6.27. The molecule has 2 aromatic rings. The van der Waals surface area contributed by atoms with E-state index in [9.17, 15) is 9.59 Å². The molecule has 0 aromatic heterocycles. The summed E-state index contributed by atoms with van der Waals surface area (Å²) in [4.78, 5) is 23.2. The molecule has 0 radical (unpaired) electrons. The van der Waals surface area contributed by atoms with Crippen molar-refractivity contribution in [2.75, 3.05) is 13.7 Å². The van der Waals surface area contributed by atoms with Gasteiger partial charge in [0.05, 0.1) is 13.2 Å². The van der Waals surface area contributed by atoms with Gasteiger partial charge in [-0.15, -0.1) is 0 Å². The lowest BCUT2D eigenvalue weighted by atomic mass is 10.1. The van der Waals surface area contributed by atoms with E-state index in [0.717, 1.165) is 11.1 Å². The standard InChI is InChI=1S/C19H22N2O4/c1-24-18(22)13-25-16-9-5-8-15(10-16)12-21-19(23)17(20)11-14-6-3-2-4-7-14/h2-10,17H,11-13,20H2,1H3,(H,21,23)/t17-/m0/s1. The van der Waals surface area contributed by atoms with Crippen molar-refractivity contribution in [3.05, 3.63) is 65.7 Å². The number of methoxy groups -OCH3 is 1. The van der Waals surface area contributed by atoms with Crippen LogP contribution in [0.1, 0.15) is 11.1 Å². The molecule has 3 N–H and O–H groups in total. The van der Waals surface area contributed by atoms with Crippen LogP contribution in [0.2, 0.25) is 0 Å². The molecule has 0 bridgehead atoms. The van der Waals surface area contributed by atoms with Gasteiger partial charge in [0, 0.05) is 6.54 Å². The van der Waals surface area contributed by atoms with Crippen molar-refractivity contribution in [3.8, 4) is 5.75 Å². The average molecular weight is 342 g/mol. The van der Waals surface area contributed by atoms with Gasteiger partial charge in [-0.1, -0.05) is 42.5 Å². The Morgan fingerprint density at radius 3 is 2.52 bits per heavy atom. The monoisotopic (exact) mass is 342 g/mol. The number of nitrogens with two attached hydrogens (primary N) is 1. The molecule has 0 saturated carbocycles. The second-order valence-electron chi connectivity index (χ2n) is 5.53. The van der Waals surface area contributed by atoms with Crippen molar-refractivity contribution < 1.29 is 19.1 Å². The first-order chi connectivity index (χ1) is 12.1. The highest BCUT2D eigenvalue weighted by molar-refractivity contribution is 5.81. The van der Waals surface area contributed by atoms with Crippen LogP contribution in [0.15, 0.2) is 54.6 Å². The van der Waals surface area contributed by atoms with Crippen molar-refractivity contribution in [1.82, 2.24) is 5.32 Å². The molecule has 0 spiro atoms. The molecule has 1 atom stereocenters. The summed E-state index contributed by atoms with van der Waals surface area (Å²) in [6.07, 6.45) is 0.481. The number of esters is 1. The number of hydrogen-bond donors (Lipinski definition) is 2. The first-order valence-corrected chi connectivity index (χ1v) is 7.94. The van der Waals surface area contributed by atoms with Gasteiger partial charge >= 0.3 is 5.97 Å². The minimum atomic E-state index is -0.610. The average Bonchev–Trinajstić information content (AvgIpc) is 2.65. The summed E-state index contributed by atoms with van der Waals surface area (Å²) < 4.78 is 9.84. The van der Waals surface area contributed by atoms with Crippen LogP contribution in [0.25, 0.3) is 0 Å². The summed E-state index contributed by atoms with van der Waals surface area (Å²) in [6.45, 7) is 0.172. The number of rotatable bonds is 8. The maximum Gasteiger partial charge on any atom is 0.343 e. The Morgan fingerprint density at radius 1 is 1.08 bits per heavy atom. The number of carbonyl (C=O) groups is 2. The summed E-state index contributed by atoms with van der Waals surface area (Å²) in [5.74, 6) is -0.138. The molecule has 0 unspecified atom stereocenters. The number of carbonyl (C=O) groups excluding carboxylic acids is 2. The molecule has 0 heterocycles. The number of nitrogens with one attached hydrogen (secondary N) is 1. The molecule has 132 valence electrons. The van der Waals surface area contributed by atoms with Gasteiger partial charge in [-0.2, -0.15) is 0 Å². The lowest BCUT2D eigenvalue weighted by Crippen LogP contribution is -2.41. The van der Waals surface area contributed by atoms with Crippen LogP contribution in [-0.4, -0.2) is 31.6 Å². The van der Waals surface area contributed by atoms with Crippen molar-refractivity contribution in [1.29, 1.82) is 0 Å². The van der Waals surface area contributed by atoms with Gasteiger partial charge in [0.1, 0.15) is 5.75 Å². The normalized spacial score (nSPS) is 11.4. The van der Waals surface area contributed by atoms with Crippen molar-refractivity contribution in [2.45, 2.75) is 19.0 Å². The Labute approximate surface area is 146 Å². The molecule has 0 fully saturated rings. The molecule has 0 aliphatic rings. The lowest BCUT2D eigenvalue weighted by Gasteiger charge is -2.13. The van der Waals surface area contributed by atoms with E-state index in [1.54, 1.807) is 18.2 Å². The summed E-state index contributed by atoms with van der Waals surface area (Å²) in [5, 5.41) is 2.81. The fourth-order valence-corrected chi connectivity index (χ4v) is 2.23. The van der Waals surface area contributed by atoms with E-state index in [2.05, 4.69) is 10.1 Å². The van der Waals surface area contributed by atoms with E-state index in [4.69, 9.17) is 10.5 Å². The fraction of sp³-hybridized carbons (Fsp3) is 0.263. The predicted octanol–water partition coefficient (Wildman–Crippen LogP) is 1.42. The van der Waals surface area contributed by atoms with E-state index in [1.165, 1.54) is 7.11 Å². The Kier molecular flexibility index (Phi) is 6.98. The molecular formula is C19H22N2O4. The molecular weight excluding hydrogens is 320 g/mol. The third-order valence-electron chi connectivity index (χ3n) is 3.58. The topological polar surface area (TPSA) is 90.6 Å². The second-order valence-corrected chi connectivity index (χ2v) is 5.53. The molecule has 6 heteroatoms. The molecule has 25 heavy (non-hydrogen) atoms.